The number of hydrogen-bond donors (Lipinski definition) is 1. The molecule has 0 aliphatic heterocycles. The highest BCUT2D eigenvalue weighted by Gasteiger charge is 2.19. The summed E-state index contributed by atoms with van der Waals surface area (Å²) in [6.07, 6.45) is 0.676. The summed E-state index contributed by atoms with van der Waals surface area (Å²) in [5.41, 5.74) is 1.89. The third-order valence-electron chi connectivity index (χ3n) is 4.67. The molecule has 0 aliphatic rings. The molecule has 3 aromatic rings. The van der Waals surface area contributed by atoms with E-state index in [0.717, 1.165) is 16.9 Å². The molecule has 29 heavy (non-hydrogen) atoms. The highest BCUT2D eigenvalue weighted by molar-refractivity contribution is 5.76. The number of aromatic nitrogens is 2. The third kappa shape index (κ3) is 5.42. The average molecular weight is 394 g/mol. The molecule has 2 aromatic carbocycles. The van der Waals surface area contributed by atoms with Gasteiger partial charge in [0.2, 0.25) is 17.7 Å². The van der Waals surface area contributed by atoms with Crippen LogP contribution in [-0.4, -0.2) is 48.8 Å². The van der Waals surface area contributed by atoms with Crippen molar-refractivity contribution >= 4 is 5.91 Å². The summed E-state index contributed by atoms with van der Waals surface area (Å²) < 4.78 is 11.1. The molecular formula is C22H26N4O3. The number of hydrogen-bond acceptors (Lipinski definition) is 6. The first-order valence-electron chi connectivity index (χ1n) is 9.52. The molecule has 1 amide bonds. The maximum atomic E-state index is 12.4. The number of rotatable bonds is 9. The molecule has 0 saturated carbocycles. The predicted molar refractivity (Wildman–Crippen MR) is 110 cm³/mol. The zero-order valence-electron chi connectivity index (χ0n) is 17.0. The molecular weight excluding hydrogens is 368 g/mol. The largest absolute Gasteiger partial charge is 0.496 e. The summed E-state index contributed by atoms with van der Waals surface area (Å²) in [7, 11) is 5.61. The van der Waals surface area contributed by atoms with Gasteiger partial charge in [0.25, 0.3) is 0 Å². The monoisotopic (exact) mass is 394 g/mol. The Balaban J connectivity index is 1.54. The second kappa shape index (κ2) is 9.84. The van der Waals surface area contributed by atoms with Crippen LogP contribution in [0.5, 0.6) is 5.75 Å². The number of methoxy groups -OCH3 is 1. The molecule has 0 saturated heterocycles. The van der Waals surface area contributed by atoms with E-state index in [1.807, 2.05) is 68.7 Å². The van der Waals surface area contributed by atoms with Crippen LogP contribution < -0.4 is 10.1 Å². The Morgan fingerprint density at radius 3 is 2.55 bits per heavy atom. The van der Waals surface area contributed by atoms with E-state index in [1.54, 1.807) is 7.11 Å². The van der Waals surface area contributed by atoms with Gasteiger partial charge in [0, 0.05) is 30.5 Å². The molecule has 0 aliphatic carbocycles. The fourth-order valence-corrected chi connectivity index (χ4v) is 3.08. The fraction of sp³-hybridized carbons (Fsp3) is 0.318. The summed E-state index contributed by atoms with van der Waals surface area (Å²) in [5, 5.41) is 11.1. The first-order valence-corrected chi connectivity index (χ1v) is 9.52. The topological polar surface area (TPSA) is 80.5 Å². The second-order valence-electron chi connectivity index (χ2n) is 6.89. The number of para-hydroxylation sites is 1. The lowest BCUT2D eigenvalue weighted by Crippen LogP contribution is -2.34. The Kier molecular flexibility index (Phi) is 6.97. The molecule has 3 rings (SSSR count). The molecule has 0 fully saturated rings. The summed E-state index contributed by atoms with van der Waals surface area (Å²) in [6, 6.07) is 17.4. The van der Waals surface area contributed by atoms with Crippen LogP contribution in [0.3, 0.4) is 0 Å². The number of benzene rings is 2. The zero-order valence-corrected chi connectivity index (χ0v) is 17.0. The Bertz CT molecular complexity index is 925. The van der Waals surface area contributed by atoms with Crippen LogP contribution in [0.2, 0.25) is 0 Å². The van der Waals surface area contributed by atoms with Crippen molar-refractivity contribution in [3.63, 3.8) is 0 Å². The van der Waals surface area contributed by atoms with Gasteiger partial charge in [-0.05, 0) is 32.3 Å². The Morgan fingerprint density at radius 2 is 1.83 bits per heavy atom. The Hall–Kier alpha value is -3.19. The standard InChI is InChI=1S/C22H26N4O3/c1-26(2)18(17-11-7-8-12-19(17)28-3)15-23-20(27)13-14-21-24-25-22(29-21)16-9-5-4-6-10-16/h4-12,18H,13-15H2,1-3H3,(H,23,27). The lowest BCUT2D eigenvalue weighted by Gasteiger charge is -2.26. The van der Waals surface area contributed by atoms with Crippen molar-refractivity contribution in [1.82, 2.24) is 20.4 Å². The lowest BCUT2D eigenvalue weighted by atomic mass is 10.0. The van der Waals surface area contributed by atoms with E-state index in [2.05, 4.69) is 20.4 Å². The van der Waals surface area contributed by atoms with Gasteiger partial charge in [0.15, 0.2) is 0 Å². The first-order chi connectivity index (χ1) is 14.1. The van der Waals surface area contributed by atoms with Crippen molar-refractivity contribution in [2.24, 2.45) is 0 Å². The molecule has 1 aromatic heterocycles. The number of carbonyl (C=O) groups excluding carboxylic acids is 1. The lowest BCUT2D eigenvalue weighted by molar-refractivity contribution is -0.121. The number of carbonyl (C=O) groups is 1. The van der Waals surface area contributed by atoms with E-state index in [9.17, 15) is 4.79 Å². The fourth-order valence-electron chi connectivity index (χ4n) is 3.08. The molecule has 1 heterocycles. The van der Waals surface area contributed by atoms with Crippen LogP contribution >= 0.6 is 0 Å². The number of likely N-dealkylation sites (N-methyl/N-ethyl adjacent to an activating group) is 1. The SMILES string of the molecule is COc1ccccc1C(CNC(=O)CCc1nnc(-c2ccccc2)o1)N(C)C. The van der Waals surface area contributed by atoms with Crippen molar-refractivity contribution < 1.29 is 13.9 Å². The van der Waals surface area contributed by atoms with E-state index in [4.69, 9.17) is 9.15 Å². The van der Waals surface area contributed by atoms with Gasteiger partial charge in [-0.15, -0.1) is 10.2 Å². The van der Waals surface area contributed by atoms with Gasteiger partial charge in [-0.1, -0.05) is 36.4 Å². The smallest absolute Gasteiger partial charge is 0.247 e. The molecule has 0 radical (unpaired) electrons. The van der Waals surface area contributed by atoms with Crippen LogP contribution in [0.15, 0.2) is 59.0 Å². The normalized spacial score (nSPS) is 12.0. The van der Waals surface area contributed by atoms with Gasteiger partial charge in [0.1, 0.15) is 5.75 Å². The Labute approximate surface area is 170 Å². The maximum Gasteiger partial charge on any atom is 0.247 e. The van der Waals surface area contributed by atoms with Gasteiger partial charge in [-0.3, -0.25) is 4.79 Å². The minimum atomic E-state index is -0.0637. The highest BCUT2D eigenvalue weighted by Crippen LogP contribution is 2.27. The molecule has 7 heteroatoms. The number of nitrogens with one attached hydrogen (secondary N) is 1. The van der Waals surface area contributed by atoms with E-state index in [0.29, 0.717) is 24.7 Å². The van der Waals surface area contributed by atoms with Gasteiger partial charge >= 0.3 is 0 Å². The summed E-state index contributed by atoms with van der Waals surface area (Å²) in [4.78, 5) is 14.4. The van der Waals surface area contributed by atoms with Crippen molar-refractivity contribution in [2.45, 2.75) is 18.9 Å². The molecule has 1 atom stereocenters. The average Bonchev–Trinajstić information content (AvgIpc) is 3.22. The number of amides is 1. The Morgan fingerprint density at radius 1 is 1.10 bits per heavy atom. The van der Waals surface area contributed by atoms with Gasteiger partial charge in [-0.2, -0.15) is 0 Å². The molecule has 1 unspecified atom stereocenters. The minimum Gasteiger partial charge on any atom is -0.496 e. The van der Waals surface area contributed by atoms with E-state index in [-0.39, 0.29) is 18.4 Å². The predicted octanol–water partition coefficient (Wildman–Crippen LogP) is 3.10. The van der Waals surface area contributed by atoms with E-state index in [1.165, 1.54) is 0 Å². The molecule has 7 nitrogen and oxygen atoms in total. The van der Waals surface area contributed by atoms with Gasteiger partial charge in [-0.25, -0.2) is 0 Å². The molecule has 1 N–H and O–H groups in total. The van der Waals surface area contributed by atoms with Crippen LogP contribution in [-0.2, 0) is 11.2 Å². The van der Waals surface area contributed by atoms with Crippen LogP contribution in [0.25, 0.3) is 11.5 Å². The second-order valence-corrected chi connectivity index (χ2v) is 6.89. The van der Waals surface area contributed by atoms with Crippen molar-refractivity contribution in [1.29, 1.82) is 0 Å². The molecule has 0 bridgehead atoms. The molecule has 152 valence electrons. The van der Waals surface area contributed by atoms with Crippen LogP contribution in [0.4, 0.5) is 0 Å². The van der Waals surface area contributed by atoms with E-state index < -0.39 is 0 Å². The van der Waals surface area contributed by atoms with Crippen molar-refractivity contribution in [3.05, 3.63) is 66.1 Å². The van der Waals surface area contributed by atoms with Gasteiger partial charge < -0.3 is 19.4 Å². The van der Waals surface area contributed by atoms with Crippen molar-refractivity contribution in [2.75, 3.05) is 27.7 Å². The first kappa shape index (κ1) is 20.5. The number of nitrogens with zero attached hydrogens (tertiary/aromatic N) is 3. The van der Waals surface area contributed by atoms with Crippen LogP contribution in [0, 0.1) is 0 Å². The van der Waals surface area contributed by atoms with Crippen LogP contribution in [0.1, 0.15) is 23.9 Å². The number of ether oxygens (including phenoxy) is 1. The maximum absolute atomic E-state index is 12.4. The van der Waals surface area contributed by atoms with Gasteiger partial charge in [0.05, 0.1) is 13.2 Å². The summed E-state index contributed by atoms with van der Waals surface area (Å²) >= 11 is 0. The third-order valence-corrected chi connectivity index (χ3v) is 4.67. The number of aryl methyl sites for hydroxylation is 1. The summed E-state index contributed by atoms with van der Waals surface area (Å²) in [6.45, 7) is 0.477. The van der Waals surface area contributed by atoms with E-state index >= 15 is 0 Å². The quantitative estimate of drug-likeness (QED) is 0.601. The zero-order chi connectivity index (χ0) is 20.6. The summed E-state index contributed by atoms with van der Waals surface area (Å²) in [5.74, 6) is 1.66. The van der Waals surface area contributed by atoms with Crippen molar-refractivity contribution in [3.8, 4) is 17.2 Å². The minimum absolute atomic E-state index is 0.00295. The molecule has 0 spiro atoms. The highest BCUT2D eigenvalue weighted by atomic mass is 16.5.